The lowest BCUT2D eigenvalue weighted by Crippen LogP contribution is -2.06. The van der Waals surface area contributed by atoms with Crippen LogP contribution in [0.15, 0.2) is 42.7 Å². The molecule has 0 saturated heterocycles. The van der Waals surface area contributed by atoms with Crippen molar-refractivity contribution in [3.05, 3.63) is 54.0 Å². The quantitative estimate of drug-likeness (QED) is 0.847. The van der Waals surface area contributed by atoms with Crippen LogP contribution in [0.5, 0.6) is 0 Å². The number of hydrogen-bond donors (Lipinski definition) is 1. The minimum atomic E-state index is 0.877. The Hall–Kier alpha value is -1.90. The van der Waals surface area contributed by atoms with Gasteiger partial charge in [0.25, 0.3) is 0 Å². The molecule has 0 aliphatic rings. The SMILES string of the molecule is Cc1cccc(NCCc2cccnc2)n1. The summed E-state index contributed by atoms with van der Waals surface area (Å²) in [4.78, 5) is 8.46. The van der Waals surface area contributed by atoms with Crippen LogP contribution in [0.1, 0.15) is 11.3 Å². The Balaban J connectivity index is 1.85. The van der Waals surface area contributed by atoms with Crippen LogP contribution in [0, 0.1) is 6.92 Å². The van der Waals surface area contributed by atoms with E-state index < -0.39 is 0 Å². The molecule has 2 heterocycles. The number of nitrogens with zero attached hydrogens (tertiary/aromatic N) is 2. The van der Waals surface area contributed by atoms with Gasteiger partial charge in [0.2, 0.25) is 0 Å². The van der Waals surface area contributed by atoms with Crippen molar-refractivity contribution in [1.82, 2.24) is 9.97 Å². The van der Waals surface area contributed by atoms with Crippen molar-refractivity contribution in [1.29, 1.82) is 0 Å². The summed E-state index contributed by atoms with van der Waals surface area (Å²) in [6.45, 7) is 2.87. The first-order chi connectivity index (χ1) is 7.84. The molecule has 0 atom stereocenters. The van der Waals surface area contributed by atoms with Crippen LogP contribution in [0.25, 0.3) is 0 Å². The van der Waals surface area contributed by atoms with Crippen molar-refractivity contribution in [2.24, 2.45) is 0 Å². The summed E-state index contributed by atoms with van der Waals surface area (Å²) in [6.07, 6.45) is 4.65. The Morgan fingerprint density at radius 2 is 2.12 bits per heavy atom. The fraction of sp³-hybridized carbons (Fsp3) is 0.231. The molecular weight excluding hydrogens is 198 g/mol. The second-order valence-corrected chi connectivity index (χ2v) is 3.70. The number of nitrogens with one attached hydrogen (secondary N) is 1. The van der Waals surface area contributed by atoms with E-state index in [4.69, 9.17) is 0 Å². The summed E-state index contributed by atoms with van der Waals surface area (Å²) in [5.74, 6) is 0.934. The Morgan fingerprint density at radius 3 is 2.88 bits per heavy atom. The minimum absolute atomic E-state index is 0.877. The monoisotopic (exact) mass is 213 g/mol. The molecule has 3 heteroatoms. The van der Waals surface area contributed by atoms with E-state index in [0.717, 1.165) is 24.5 Å². The molecule has 0 radical (unpaired) electrons. The van der Waals surface area contributed by atoms with Crippen molar-refractivity contribution < 1.29 is 0 Å². The molecule has 2 rings (SSSR count). The third-order valence-electron chi connectivity index (χ3n) is 2.33. The summed E-state index contributed by atoms with van der Waals surface area (Å²) in [5, 5.41) is 3.30. The molecular formula is C13H15N3. The Labute approximate surface area is 95.6 Å². The Kier molecular flexibility index (Phi) is 3.49. The zero-order valence-corrected chi connectivity index (χ0v) is 9.35. The standard InChI is InChI=1S/C13H15N3/c1-11-4-2-6-13(16-11)15-9-7-12-5-3-8-14-10-12/h2-6,8,10H,7,9H2,1H3,(H,15,16). The van der Waals surface area contributed by atoms with Crippen molar-refractivity contribution in [3.63, 3.8) is 0 Å². The first-order valence-electron chi connectivity index (χ1n) is 5.41. The van der Waals surface area contributed by atoms with Crippen LogP contribution in [-0.2, 0) is 6.42 Å². The molecule has 2 aromatic heterocycles. The molecule has 0 unspecified atom stereocenters. The zero-order chi connectivity index (χ0) is 11.2. The summed E-state index contributed by atoms with van der Waals surface area (Å²) in [5.41, 5.74) is 2.27. The van der Waals surface area contributed by atoms with E-state index >= 15 is 0 Å². The van der Waals surface area contributed by atoms with E-state index in [9.17, 15) is 0 Å². The minimum Gasteiger partial charge on any atom is -0.370 e. The van der Waals surface area contributed by atoms with Gasteiger partial charge in [0, 0.05) is 24.6 Å². The number of rotatable bonds is 4. The lowest BCUT2D eigenvalue weighted by Gasteiger charge is -2.05. The maximum atomic E-state index is 4.38. The Bertz CT molecular complexity index is 440. The molecule has 2 aromatic rings. The van der Waals surface area contributed by atoms with Gasteiger partial charge in [0.1, 0.15) is 5.82 Å². The molecule has 0 aliphatic heterocycles. The Morgan fingerprint density at radius 1 is 1.19 bits per heavy atom. The number of hydrogen-bond acceptors (Lipinski definition) is 3. The smallest absolute Gasteiger partial charge is 0.126 e. The lowest BCUT2D eigenvalue weighted by atomic mass is 10.2. The highest BCUT2D eigenvalue weighted by Gasteiger charge is 1.94. The number of pyridine rings is 2. The largest absolute Gasteiger partial charge is 0.370 e. The predicted molar refractivity (Wildman–Crippen MR) is 65.4 cm³/mol. The number of aromatic nitrogens is 2. The summed E-state index contributed by atoms with van der Waals surface area (Å²) in [7, 11) is 0. The van der Waals surface area contributed by atoms with Gasteiger partial charge in [-0.1, -0.05) is 12.1 Å². The zero-order valence-electron chi connectivity index (χ0n) is 9.35. The first kappa shape index (κ1) is 10.6. The van der Waals surface area contributed by atoms with E-state index in [0.29, 0.717) is 0 Å². The third-order valence-corrected chi connectivity index (χ3v) is 2.33. The van der Waals surface area contributed by atoms with Crippen molar-refractivity contribution >= 4 is 5.82 Å². The van der Waals surface area contributed by atoms with Crippen LogP contribution in [0.3, 0.4) is 0 Å². The van der Waals surface area contributed by atoms with Gasteiger partial charge >= 0.3 is 0 Å². The van der Waals surface area contributed by atoms with E-state index in [1.54, 1.807) is 6.20 Å². The summed E-state index contributed by atoms with van der Waals surface area (Å²) >= 11 is 0. The van der Waals surface area contributed by atoms with E-state index in [-0.39, 0.29) is 0 Å². The average Bonchev–Trinajstić information content (AvgIpc) is 2.30. The first-order valence-corrected chi connectivity index (χ1v) is 5.41. The molecule has 1 N–H and O–H groups in total. The number of anilines is 1. The van der Waals surface area contributed by atoms with Crippen LogP contribution >= 0.6 is 0 Å². The van der Waals surface area contributed by atoms with Gasteiger partial charge in [-0.15, -0.1) is 0 Å². The van der Waals surface area contributed by atoms with Gasteiger partial charge in [-0.05, 0) is 37.1 Å². The van der Waals surface area contributed by atoms with Crippen LogP contribution in [0.4, 0.5) is 5.82 Å². The van der Waals surface area contributed by atoms with Gasteiger partial charge in [-0.3, -0.25) is 4.98 Å². The van der Waals surface area contributed by atoms with Gasteiger partial charge in [-0.2, -0.15) is 0 Å². The van der Waals surface area contributed by atoms with E-state index in [1.165, 1.54) is 5.56 Å². The highest BCUT2D eigenvalue weighted by atomic mass is 15.0. The molecule has 0 aromatic carbocycles. The fourth-order valence-corrected chi connectivity index (χ4v) is 1.52. The third kappa shape index (κ3) is 3.05. The summed E-state index contributed by atoms with van der Waals surface area (Å²) in [6, 6.07) is 10.0. The number of aryl methyl sites for hydroxylation is 1. The molecule has 0 spiro atoms. The van der Waals surface area contributed by atoms with Gasteiger partial charge in [0.05, 0.1) is 0 Å². The molecule has 0 fully saturated rings. The predicted octanol–water partition coefficient (Wildman–Crippen LogP) is 2.44. The average molecular weight is 213 g/mol. The molecule has 0 bridgehead atoms. The van der Waals surface area contributed by atoms with E-state index in [2.05, 4.69) is 21.4 Å². The van der Waals surface area contributed by atoms with Gasteiger partial charge < -0.3 is 5.32 Å². The molecule has 82 valence electrons. The molecule has 16 heavy (non-hydrogen) atoms. The van der Waals surface area contributed by atoms with Gasteiger partial charge in [-0.25, -0.2) is 4.98 Å². The fourth-order valence-electron chi connectivity index (χ4n) is 1.52. The highest BCUT2D eigenvalue weighted by Crippen LogP contribution is 2.04. The maximum absolute atomic E-state index is 4.38. The van der Waals surface area contributed by atoms with Crippen molar-refractivity contribution in [2.45, 2.75) is 13.3 Å². The second kappa shape index (κ2) is 5.26. The highest BCUT2D eigenvalue weighted by molar-refractivity contribution is 5.35. The topological polar surface area (TPSA) is 37.8 Å². The molecule has 0 amide bonds. The maximum Gasteiger partial charge on any atom is 0.126 e. The van der Waals surface area contributed by atoms with Crippen LogP contribution in [0.2, 0.25) is 0 Å². The molecule has 0 saturated carbocycles. The second-order valence-electron chi connectivity index (χ2n) is 3.70. The molecule has 0 aliphatic carbocycles. The summed E-state index contributed by atoms with van der Waals surface area (Å²) < 4.78 is 0. The van der Waals surface area contributed by atoms with Crippen LogP contribution in [-0.4, -0.2) is 16.5 Å². The van der Waals surface area contributed by atoms with E-state index in [1.807, 2.05) is 37.4 Å². The lowest BCUT2D eigenvalue weighted by molar-refractivity contribution is 0.989. The van der Waals surface area contributed by atoms with Crippen LogP contribution < -0.4 is 5.32 Å². The molecule has 3 nitrogen and oxygen atoms in total. The normalized spacial score (nSPS) is 10.1. The van der Waals surface area contributed by atoms with Crippen molar-refractivity contribution in [2.75, 3.05) is 11.9 Å². The van der Waals surface area contributed by atoms with Gasteiger partial charge in [0.15, 0.2) is 0 Å². The van der Waals surface area contributed by atoms with Crippen molar-refractivity contribution in [3.8, 4) is 0 Å².